The summed E-state index contributed by atoms with van der Waals surface area (Å²) in [6, 6.07) is -3.38. The highest BCUT2D eigenvalue weighted by Crippen LogP contribution is 2.48. The lowest BCUT2D eigenvalue weighted by Gasteiger charge is -2.42. The van der Waals surface area contributed by atoms with E-state index >= 15 is 0 Å². The van der Waals surface area contributed by atoms with Crippen LogP contribution in [-0.4, -0.2) is 441 Å². The molecule has 0 aliphatic carbocycles. The third-order valence-corrected chi connectivity index (χ3v) is 28.0. The quantitative estimate of drug-likeness (QED) is 0.0211. The lowest BCUT2D eigenvalue weighted by Crippen LogP contribution is -2.64. The van der Waals surface area contributed by atoms with Crippen LogP contribution in [0, 0.1) is 5.41 Å². The normalized spacial score (nSPS) is 26.4. The molecule has 3 amide bonds. The van der Waals surface area contributed by atoms with E-state index in [0.29, 0.717) is 0 Å². The fourth-order valence-electron chi connectivity index (χ4n) is 11.0. The maximum Gasteiger partial charge on any atom is 0.324 e. The minimum atomic E-state index is -3.75. The average molecular weight is 2160 g/mol. The molecule has 0 aromatic heterocycles. The second kappa shape index (κ2) is 69.2. The Labute approximate surface area is 790 Å². The highest BCUT2D eigenvalue weighted by Gasteiger charge is 2.48. The molecule has 19 N–H and O–H groups in total. The van der Waals surface area contributed by atoms with E-state index in [1.54, 1.807) is 0 Å². The molecule has 0 saturated carbocycles. The molecule has 0 spiro atoms. The lowest BCUT2D eigenvalue weighted by molar-refractivity contribution is -0.270. The summed E-state index contributed by atoms with van der Waals surface area (Å²) >= 11 is 35.9. The summed E-state index contributed by atoms with van der Waals surface area (Å²) in [4.78, 5) is 109. The van der Waals surface area contributed by atoms with Crippen LogP contribution >= 0.6 is 46.8 Å². The van der Waals surface area contributed by atoms with Crippen molar-refractivity contribution in [2.45, 2.75) is 151 Å². The molecule has 0 aromatic carbocycles. The molecule has 3 heterocycles. The van der Waals surface area contributed by atoms with Gasteiger partial charge in [0.05, 0.1) is 230 Å². The highest BCUT2D eigenvalue weighted by molar-refractivity contribution is 8.09. The van der Waals surface area contributed by atoms with Crippen molar-refractivity contribution < 1.29 is 224 Å². The molecular formula is C66H132N3O47P7S7. The Balaban J connectivity index is 1.40. The van der Waals surface area contributed by atoms with E-state index in [1.807, 2.05) is 0 Å². The molecule has 0 aromatic rings. The van der Waals surface area contributed by atoms with Crippen molar-refractivity contribution in [3.8, 4) is 0 Å². The first-order chi connectivity index (χ1) is 61.4. The Morgan fingerprint density at radius 2 is 0.469 bits per heavy atom. The molecule has 3 fully saturated rings. The number of ether oxygens (including phenoxy) is 15. The molecule has 3 saturated heterocycles. The number of aliphatic hydroxyl groups excluding tert-OH is 9. The summed E-state index contributed by atoms with van der Waals surface area (Å²) in [6.45, 7) is -23.9. The van der Waals surface area contributed by atoms with Crippen LogP contribution in [0.15, 0.2) is 0 Å². The van der Waals surface area contributed by atoms with E-state index in [4.69, 9.17) is 213 Å². The van der Waals surface area contributed by atoms with Gasteiger partial charge in [0, 0.05) is 47.3 Å². The topological polar surface area (TPSA) is 669 Å². The zero-order chi connectivity index (χ0) is 96.7. The second-order valence-corrected chi connectivity index (χ2v) is 49.2. The van der Waals surface area contributed by atoms with Crippen molar-refractivity contribution in [3.63, 3.8) is 0 Å². The molecular weight excluding hydrogens is 2030 g/mol. The standard InChI is InChI=1S/C66H132N3O47P7S7/c1-48(73)67-54-60(79)57(76)51(41-70)114-63(54)98-14-8-20-104-121(86,128)110-38-32-92-26-23-89-29-35-107-118(83,125)101-17-5-11-95-44-66(47-113-117(4,82)124,45-96-12-6-18-102-119(84,126)108-36-30-90-24-27-93-33-39-111-122(87,129)105-21-9-15-99-64-55(68-49(2)74)61(80)58(77)52(42-71)115-64)46-97-13-7-19-103-120(85,127)109-37-31-91-25-28-94-34-40-112-123(88,130)106-22-10-16-100-65-56(69-50(3)75)62(81)59(78)53(43-72)116-65/h51-65,70-72,76-81H,5-47H2,1-4H3,(H,67,73)(H,68,74)(H,69,75)(H,82,124)(H,83,125)(H,84,126)(H,85,127)(H,86,128)(H,87,129)(H,88,130)/t51-,52-,53-,54+,55+,56+,57+,58+,59+,60-,61-,62-,63-,64-,65-,66?,117?,118?,119?,120?,121?,122?,123?/m1/s1. The Hall–Kier alpha value is 1.20. The number of carbonyl (C=O) groups excluding carboxylic acids is 3. The van der Waals surface area contributed by atoms with Gasteiger partial charge in [-0.3, -0.25) is 14.4 Å². The first-order valence-electron chi connectivity index (χ1n) is 40.8. The number of hydrogen-bond acceptors (Lipinski definition) is 47. The third kappa shape index (κ3) is 58.1. The van der Waals surface area contributed by atoms with E-state index in [2.05, 4.69) is 16.0 Å². The Morgan fingerprint density at radius 3 is 0.662 bits per heavy atom. The number of hydrogen-bond donors (Lipinski definition) is 19. The largest absolute Gasteiger partial charge is 0.394 e. The van der Waals surface area contributed by atoms with Gasteiger partial charge in [0.1, 0.15) is 73.1 Å². The van der Waals surface area contributed by atoms with Gasteiger partial charge in [-0.2, -0.15) is 0 Å². The van der Waals surface area contributed by atoms with E-state index in [1.165, 1.54) is 27.4 Å². The molecule has 22 atom stereocenters. The summed E-state index contributed by atoms with van der Waals surface area (Å²) < 4.78 is 155. The van der Waals surface area contributed by atoms with Crippen LogP contribution in [0.1, 0.15) is 59.3 Å². The summed E-state index contributed by atoms with van der Waals surface area (Å²) in [7, 11) is 0. The molecule has 50 nitrogen and oxygen atoms in total. The van der Waals surface area contributed by atoms with E-state index in [-0.39, 0.29) is 263 Å². The summed E-state index contributed by atoms with van der Waals surface area (Å²) in [5, 5.41) is 97.8. The first kappa shape index (κ1) is 125. The molecule has 0 bridgehead atoms. The van der Waals surface area contributed by atoms with Gasteiger partial charge >= 0.3 is 40.3 Å². The van der Waals surface area contributed by atoms with Crippen LogP contribution in [0.3, 0.4) is 0 Å². The van der Waals surface area contributed by atoms with Crippen LogP contribution in [0.4, 0.5) is 0 Å². The second-order valence-electron chi connectivity index (χ2n) is 28.3. The zero-order valence-electron chi connectivity index (χ0n) is 72.4. The van der Waals surface area contributed by atoms with Crippen molar-refractivity contribution in [2.24, 2.45) is 5.41 Å². The number of aliphatic hydroxyl groups is 9. The lowest BCUT2D eigenvalue weighted by atomic mass is 9.92. The van der Waals surface area contributed by atoms with Gasteiger partial charge < -0.3 is 226 Å². The fraction of sp³-hybridized carbons (Fsp3) is 0.955. The number of rotatable bonds is 81. The van der Waals surface area contributed by atoms with Gasteiger partial charge in [0.25, 0.3) is 0 Å². The number of amides is 3. The number of carbonyl (C=O) groups is 3. The van der Waals surface area contributed by atoms with Crippen LogP contribution in [0.5, 0.6) is 0 Å². The maximum atomic E-state index is 11.7. The first-order valence-corrected chi connectivity index (χ1v) is 59.5. The van der Waals surface area contributed by atoms with E-state index < -0.39 is 182 Å². The average Bonchev–Trinajstić information content (AvgIpc) is 0.814. The van der Waals surface area contributed by atoms with Gasteiger partial charge in [-0.1, -0.05) is 0 Å². The number of nitrogens with one attached hydrogen (secondary N) is 3. The molecule has 130 heavy (non-hydrogen) atoms. The fourth-order valence-corrected chi connectivity index (χ4v) is 18.8. The van der Waals surface area contributed by atoms with Crippen LogP contribution in [0.2, 0.25) is 0 Å². The predicted octanol–water partition coefficient (Wildman–Crippen LogP) is -3.21. The Morgan fingerprint density at radius 1 is 0.277 bits per heavy atom. The summed E-state index contributed by atoms with van der Waals surface area (Å²) in [6.07, 6.45) is -14.9. The van der Waals surface area contributed by atoms with Crippen LogP contribution in [0.25, 0.3) is 0 Å². The Kier molecular flexibility index (Phi) is 66.7. The molecule has 3 aliphatic rings. The molecule has 3 aliphatic heterocycles. The van der Waals surface area contributed by atoms with Crippen molar-refractivity contribution in [2.75, 3.05) is 251 Å². The SMILES string of the molecule is CC(=O)N[C@@H]1[C@H](OCCCOP(O)(=S)OCCOCCOCCOP(O)(=S)OCCCOCC(COCCCOP(O)(=S)OCCOCCOCCOP(O)(=S)OCCCO[C@@H]2O[C@H](CO)[C@H](O)[C@H](O)[C@@H]2NC(C)=O)(COCCCOP(O)(=S)OCCOCCOCCOP(O)(=S)OCCCO[C@@H]2O[C@H](CO)[C@H](O)[C@H](O)[C@@H]2NC(C)=O)COP(C)(O)=S)O[C@H](CO)[C@H](O)[C@@H]1O. The van der Waals surface area contributed by atoms with Gasteiger partial charge in [-0.15, -0.1) is 0 Å². The third-order valence-electron chi connectivity index (χ3n) is 17.1. The van der Waals surface area contributed by atoms with Gasteiger partial charge in [-0.05, 0) is 121 Å². The Bertz CT molecular complexity index is 3130. The molecule has 64 heteroatoms. The summed E-state index contributed by atoms with van der Waals surface area (Å²) in [5.74, 6) is -1.54. The minimum Gasteiger partial charge on any atom is -0.394 e. The molecule has 3 rings (SSSR count). The molecule has 770 valence electrons. The monoisotopic (exact) mass is 2160 g/mol. The maximum absolute atomic E-state index is 11.7. The smallest absolute Gasteiger partial charge is 0.324 e. The van der Waals surface area contributed by atoms with Gasteiger partial charge in [-0.25, -0.2) is 0 Å². The van der Waals surface area contributed by atoms with Crippen LogP contribution in [-0.2, 0) is 227 Å². The van der Waals surface area contributed by atoms with Gasteiger partial charge in [0.15, 0.2) is 25.4 Å². The predicted molar refractivity (Wildman–Crippen MR) is 480 cm³/mol. The molecule has 7 unspecified atom stereocenters. The van der Waals surface area contributed by atoms with E-state index in [9.17, 15) is 94.6 Å². The van der Waals surface area contributed by atoms with Crippen LogP contribution < -0.4 is 16.0 Å². The molecule has 0 radical (unpaired) electrons. The van der Waals surface area contributed by atoms with Crippen molar-refractivity contribution >= 4 is 147 Å². The van der Waals surface area contributed by atoms with Crippen molar-refractivity contribution in [3.05, 3.63) is 0 Å². The zero-order valence-corrected chi connectivity index (χ0v) is 84.3. The van der Waals surface area contributed by atoms with Gasteiger partial charge in [0.2, 0.25) is 17.7 Å². The summed E-state index contributed by atoms with van der Waals surface area (Å²) in [5.41, 5.74) is -1.16. The van der Waals surface area contributed by atoms with Crippen molar-refractivity contribution in [1.82, 2.24) is 16.0 Å². The van der Waals surface area contributed by atoms with E-state index in [0.717, 1.165) is 0 Å². The highest BCUT2D eigenvalue weighted by atomic mass is 32.5. The van der Waals surface area contributed by atoms with Crippen molar-refractivity contribution in [1.29, 1.82) is 0 Å². The minimum absolute atomic E-state index is 0.00353.